The first-order chi connectivity index (χ1) is 16.9. The molecule has 0 saturated heterocycles. The predicted molar refractivity (Wildman–Crippen MR) is 144 cm³/mol. The van der Waals surface area contributed by atoms with Crippen molar-refractivity contribution in [3.05, 3.63) is 60.2 Å². The summed E-state index contributed by atoms with van der Waals surface area (Å²) in [4.78, 5) is 31.9. The first-order valence-corrected chi connectivity index (χ1v) is 13.2. The Morgan fingerprint density at radius 2 is 1.56 bits per heavy atom. The number of rotatable bonds is 9. The first-order valence-electron chi connectivity index (χ1n) is 12.2. The lowest BCUT2D eigenvalue weighted by Crippen LogP contribution is -2.37. The van der Waals surface area contributed by atoms with Gasteiger partial charge < -0.3 is 18.9 Å². The number of fused-ring (bicyclic) bond motifs is 1. The van der Waals surface area contributed by atoms with E-state index in [-0.39, 0.29) is 18.6 Å². The van der Waals surface area contributed by atoms with Crippen molar-refractivity contribution in [1.82, 2.24) is 14.5 Å². The van der Waals surface area contributed by atoms with E-state index in [1.54, 1.807) is 16.7 Å². The van der Waals surface area contributed by atoms with Crippen LogP contribution in [0.3, 0.4) is 0 Å². The zero-order chi connectivity index (χ0) is 26.3. The third kappa shape index (κ3) is 8.59. The smallest absolute Gasteiger partial charge is 0.410 e. The van der Waals surface area contributed by atoms with Crippen molar-refractivity contribution in [2.45, 2.75) is 77.4 Å². The summed E-state index contributed by atoms with van der Waals surface area (Å²) in [5.74, 6) is 0.428. The van der Waals surface area contributed by atoms with Crippen molar-refractivity contribution in [3.63, 3.8) is 0 Å². The highest BCUT2D eigenvalue weighted by Crippen LogP contribution is 2.25. The number of esters is 1. The lowest BCUT2D eigenvalue weighted by atomic mass is 10.2. The van der Waals surface area contributed by atoms with Gasteiger partial charge in [-0.25, -0.2) is 9.78 Å². The molecule has 3 aromatic rings. The number of para-hydroxylation sites is 2. The zero-order valence-corrected chi connectivity index (χ0v) is 22.9. The van der Waals surface area contributed by atoms with Crippen LogP contribution in [0.1, 0.15) is 53.5 Å². The molecule has 2 aromatic carbocycles. The van der Waals surface area contributed by atoms with Crippen LogP contribution in [0.25, 0.3) is 11.0 Å². The molecule has 1 heterocycles. The number of hydrogen-bond acceptors (Lipinski definition) is 6. The van der Waals surface area contributed by atoms with Gasteiger partial charge in [0.2, 0.25) is 0 Å². The predicted octanol–water partition coefficient (Wildman–Crippen LogP) is 6.30. The molecular weight excluding hydrogens is 474 g/mol. The van der Waals surface area contributed by atoms with Crippen LogP contribution in [0.2, 0.25) is 0 Å². The second-order valence-corrected chi connectivity index (χ2v) is 11.7. The molecule has 0 unspecified atom stereocenters. The van der Waals surface area contributed by atoms with E-state index in [0.717, 1.165) is 33.9 Å². The van der Waals surface area contributed by atoms with Gasteiger partial charge >= 0.3 is 12.1 Å². The summed E-state index contributed by atoms with van der Waals surface area (Å²) in [5.41, 5.74) is 1.67. The quantitative estimate of drug-likeness (QED) is 0.191. The minimum atomic E-state index is -0.562. The molecule has 0 saturated carbocycles. The molecule has 3 rings (SSSR count). The minimum Gasteiger partial charge on any atom is -0.459 e. The van der Waals surface area contributed by atoms with E-state index < -0.39 is 11.2 Å². The van der Waals surface area contributed by atoms with Gasteiger partial charge in [-0.05, 0) is 65.7 Å². The van der Waals surface area contributed by atoms with Gasteiger partial charge in [-0.2, -0.15) is 0 Å². The monoisotopic (exact) mass is 511 g/mol. The second-order valence-electron chi connectivity index (χ2n) is 10.6. The van der Waals surface area contributed by atoms with Crippen LogP contribution in [0.15, 0.2) is 59.8 Å². The molecule has 0 N–H and O–H groups in total. The number of nitrogens with zero attached hydrogens (tertiary/aromatic N) is 3. The highest BCUT2D eigenvalue weighted by molar-refractivity contribution is 7.99. The van der Waals surface area contributed by atoms with Crippen LogP contribution < -0.4 is 0 Å². The summed E-state index contributed by atoms with van der Waals surface area (Å²) in [5, 5.41) is 0.758. The van der Waals surface area contributed by atoms with Gasteiger partial charge in [0.25, 0.3) is 0 Å². The normalized spacial score (nSPS) is 11.9. The third-order valence-corrected chi connectivity index (χ3v) is 6.06. The van der Waals surface area contributed by atoms with E-state index >= 15 is 0 Å². The van der Waals surface area contributed by atoms with E-state index in [2.05, 4.69) is 0 Å². The third-order valence-electron chi connectivity index (χ3n) is 5.00. The Morgan fingerprint density at radius 1 is 0.917 bits per heavy atom. The Balaban J connectivity index is 1.68. The fourth-order valence-corrected chi connectivity index (χ4v) is 4.54. The van der Waals surface area contributed by atoms with Crippen molar-refractivity contribution in [1.29, 1.82) is 0 Å². The van der Waals surface area contributed by atoms with Crippen molar-refractivity contribution < 1.29 is 19.1 Å². The number of ether oxygens (including phenoxy) is 2. The minimum absolute atomic E-state index is 0.0954. The van der Waals surface area contributed by atoms with Gasteiger partial charge in [-0.15, -0.1) is 0 Å². The molecule has 1 aromatic heterocycles. The van der Waals surface area contributed by atoms with Crippen LogP contribution in [-0.4, -0.2) is 50.0 Å². The highest BCUT2D eigenvalue weighted by Gasteiger charge is 2.23. The number of thioether (sulfide) groups is 1. The molecule has 0 bridgehead atoms. The molecule has 0 atom stereocenters. The molecule has 194 valence electrons. The molecule has 0 aliphatic carbocycles. The maximum Gasteiger partial charge on any atom is 0.410 e. The van der Waals surface area contributed by atoms with Crippen LogP contribution in [0.5, 0.6) is 0 Å². The number of benzene rings is 2. The average molecular weight is 512 g/mol. The number of imidazole rings is 1. The second kappa shape index (κ2) is 11.8. The maximum absolute atomic E-state index is 12.9. The lowest BCUT2D eigenvalue weighted by molar-refractivity contribution is -0.155. The number of hydrogen-bond donors (Lipinski definition) is 0. The standard InChI is InChI=1S/C28H37N3O4S/c1-27(2,3)34-24(32)20-31-23-16-11-10-15-22(23)29-25(31)36-18-12-17-30(26(33)35-28(4,5)6)19-21-13-8-7-9-14-21/h7-11,13-16H,12,17-20H2,1-6H3. The van der Waals surface area contributed by atoms with E-state index in [9.17, 15) is 9.59 Å². The molecule has 0 aliphatic rings. The van der Waals surface area contributed by atoms with Crippen molar-refractivity contribution in [2.24, 2.45) is 0 Å². The zero-order valence-electron chi connectivity index (χ0n) is 22.1. The van der Waals surface area contributed by atoms with Gasteiger partial charge in [-0.1, -0.05) is 54.2 Å². The topological polar surface area (TPSA) is 73.7 Å². The van der Waals surface area contributed by atoms with Crippen LogP contribution in [-0.2, 0) is 27.4 Å². The molecule has 0 spiro atoms. The molecule has 0 fully saturated rings. The maximum atomic E-state index is 12.9. The van der Waals surface area contributed by atoms with Gasteiger partial charge in [0.05, 0.1) is 11.0 Å². The summed E-state index contributed by atoms with van der Waals surface area (Å²) in [6, 6.07) is 17.7. The van der Waals surface area contributed by atoms with Crippen LogP contribution in [0, 0.1) is 0 Å². The number of carbonyl (C=O) groups excluding carboxylic acids is 2. The average Bonchev–Trinajstić information content (AvgIpc) is 3.11. The molecular formula is C28H37N3O4S. The Hall–Kier alpha value is -3.00. The summed E-state index contributed by atoms with van der Waals surface area (Å²) in [6.45, 7) is 12.3. The molecule has 7 nitrogen and oxygen atoms in total. The molecule has 36 heavy (non-hydrogen) atoms. The van der Waals surface area contributed by atoms with E-state index in [1.165, 1.54) is 0 Å². The molecule has 1 amide bonds. The molecule has 8 heteroatoms. The summed E-state index contributed by atoms with van der Waals surface area (Å²) >= 11 is 1.57. The lowest BCUT2D eigenvalue weighted by Gasteiger charge is -2.27. The highest BCUT2D eigenvalue weighted by atomic mass is 32.2. The van der Waals surface area contributed by atoms with Crippen LogP contribution >= 0.6 is 11.8 Å². The summed E-state index contributed by atoms with van der Waals surface area (Å²) in [6.07, 6.45) is 0.417. The van der Waals surface area contributed by atoms with Gasteiger partial charge in [-0.3, -0.25) is 4.79 Å². The van der Waals surface area contributed by atoms with E-state index in [0.29, 0.717) is 13.1 Å². The SMILES string of the molecule is CC(C)(C)OC(=O)Cn1c(SCCCN(Cc2ccccc2)C(=O)OC(C)(C)C)nc2ccccc21. The Kier molecular flexibility index (Phi) is 9.06. The largest absolute Gasteiger partial charge is 0.459 e. The fourth-order valence-electron chi connectivity index (χ4n) is 3.60. The Morgan fingerprint density at radius 3 is 2.22 bits per heavy atom. The fraction of sp³-hybridized carbons (Fsp3) is 0.464. The van der Waals surface area contributed by atoms with E-state index in [1.807, 2.05) is 101 Å². The van der Waals surface area contributed by atoms with Gasteiger partial charge in [0, 0.05) is 18.8 Å². The summed E-state index contributed by atoms with van der Waals surface area (Å²) in [7, 11) is 0. The van der Waals surface area contributed by atoms with Gasteiger partial charge in [0.15, 0.2) is 5.16 Å². The van der Waals surface area contributed by atoms with Crippen molar-refractivity contribution in [2.75, 3.05) is 12.3 Å². The van der Waals surface area contributed by atoms with Crippen molar-refractivity contribution >= 4 is 34.9 Å². The van der Waals surface area contributed by atoms with Gasteiger partial charge in [0.1, 0.15) is 17.7 Å². The Labute approximate surface area is 218 Å². The first kappa shape index (κ1) is 27.6. The van der Waals surface area contributed by atoms with E-state index in [4.69, 9.17) is 14.5 Å². The Bertz CT molecular complexity index is 1160. The molecule has 0 radical (unpaired) electrons. The van der Waals surface area contributed by atoms with Crippen LogP contribution in [0.4, 0.5) is 4.79 Å². The number of carbonyl (C=O) groups is 2. The summed E-state index contributed by atoms with van der Waals surface area (Å²) < 4.78 is 13.1. The van der Waals surface area contributed by atoms with Crippen molar-refractivity contribution in [3.8, 4) is 0 Å². The number of amides is 1. The molecule has 0 aliphatic heterocycles. The number of aromatic nitrogens is 2.